The molecule has 0 bridgehead atoms. The normalized spacial score (nSPS) is 10.4. The van der Waals surface area contributed by atoms with E-state index in [2.05, 4.69) is 6.07 Å². The van der Waals surface area contributed by atoms with Gasteiger partial charge in [0.1, 0.15) is 6.29 Å². The molecule has 0 aliphatic carbocycles. The molecule has 0 amide bonds. The summed E-state index contributed by atoms with van der Waals surface area (Å²) < 4.78 is 0. The minimum Gasteiger partial charge on any atom is -0.299 e. The first-order chi connectivity index (χ1) is 4.93. The Bertz CT molecular complexity index is 211. The van der Waals surface area contributed by atoms with Crippen molar-refractivity contribution in [3.05, 3.63) is 34.5 Å². The van der Waals surface area contributed by atoms with Crippen LogP contribution in [0.15, 0.2) is 29.7 Å². The Labute approximate surface area is 64.0 Å². The summed E-state index contributed by atoms with van der Waals surface area (Å²) in [6.07, 6.45) is 5.06. The van der Waals surface area contributed by atoms with E-state index in [0.29, 0.717) is 0 Å². The highest BCUT2D eigenvalue weighted by Crippen LogP contribution is 2.08. The molecular formula is C8H8OS. The van der Waals surface area contributed by atoms with Gasteiger partial charge in [-0.05, 0) is 17.5 Å². The van der Waals surface area contributed by atoms with Gasteiger partial charge < -0.3 is 0 Å². The number of hydrogen-bond acceptors (Lipinski definition) is 2. The Balaban J connectivity index is 2.41. The van der Waals surface area contributed by atoms with Gasteiger partial charge in [-0.2, -0.15) is 0 Å². The molecule has 0 saturated heterocycles. The van der Waals surface area contributed by atoms with Crippen LogP contribution in [0.3, 0.4) is 0 Å². The number of carbonyl (C=O) groups excluding carboxylic acids is 1. The van der Waals surface area contributed by atoms with E-state index in [1.54, 1.807) is 11.3 Å². The zero-order chi connectivity index (χ0) is 7.23. The predicted molar refractivity (Wildman–Crippen MR) is 43.2 cm³/mol. The monoisotopic (exact) mass is 152 g/mol. The summed E-state index contributed by atoms with van der Waals surface area (Å²) >= 11 is 1.71. The van der Waals surface area contributed by atoms with Gasteiger partial charge in [0.05, 0.1) is 0 Å². The maximum atomic E-state index is 9.85. The Hall–Kier alpha value is -0.890. The maximum Gasteiger partial charge on any atom is 0.142 e. The van der Waals surface area contributed by atoms with Crippen LogP contribution in [0.5, 0.6) is 0 Å². The Morgan fingerprint density at radius 3 is 3.10 bits per heavy atom. The second kappa shape index (κ2) is 4.01. The van der Waals surface area contributed by atoms with Crippen molar-refractivity contribution in [2.24, 2.45) is 0 Å². The molecule has 0 unspecified atom stereocenters. The summed E-state index contributed by atoms with van der Waals surface area (Å²) in [5, 5.41) is 2.03. The van der Waals surface area contributed by atoms with Crippen LogP contribution in [0.2, 0.25) is 0 Å². The molecular weight excluding hydrogens is 144 g/mol. The average molecular weight is 152 g/mol. The summed E-state index contributed by atoms with van der Waals surface area (Å²) in [4.78, 5) is 11.1. The van der Waals surface area contributed by atoms with E-state index < -0.39 is 0 Å². The smallest absolute Gasteiger partial charge is 0.142 e. The van der Waals surface area contributed by atoms with Crippen molar-refractivity contribution in [3.63, 3.8) is 0 Å². The van der Waals surface area contributed by atoms with Gasteiger partial charge in [0.15, 0.2) is 0 Å². The number of aldehydes is 1. The Kier molecular flexibility index (Phi) is 2.90. The fourth-order valence-electron chi connectivity index (χ4n) is 0.668. The molecule has 0 aliphatic heterocycles. The molecule has 0 N–H and O–H groups in total. The zero-order valence-corrected chi connectivity index (χ0v) is 6.30. The number of thiophene rings is 1. The first-order valence-corrected chi connectivity index (χ1v) is 3.94. The Morgan fingerprint density at radius 1 is 1.60 bits per heavy atom. The zero-order valence-electron chi connectivity index (χ0n) is 5.49. The maximum absolute atomic E-state index is 9.85. The van der Waals surface area contributed by atoms with Crippen LogP contribution in [-0.4, -0.2) is 6.29 Å². The van der Waals surface area contributed by atoms with E-state index in [0.717, 1.165) is 12.7 Å². The van der Waals surface area contributed by atoms with Crippen LogP contribution in [0.25, 0.3) is 0 Å². The lowest BCUT2D eigenvalue weighted by Gasteiger charge is -1.83. The molecule has 0 atom stereocenters. The molecule has 0 spiro atoms. The third kappa shape index (κ3) is 2.15. The first kappa shape index (κ1) is 7.22. The van der Waals surface area contributed by atoms with Crippen molar-refractivity contribution in [2.45, 2.75) is 6.42 Å². The third-order valence-corrected chi connectivity index (χ3v) is 2.01. The summed E-state index contributed by atoms with van der Waals surface area (Å²) in [6.45, 7) is 0. The molecule has 1 rings (SSSR count). The molecule has 0 saturated carbocycles. The van der Waals surface area contributed by atoms with Crippen molar-refractivity contribution < 1.29 is 4.79 Å². The van der Waals surface area contributed by atoms with Gasteiger partial charge in [0, 0.05) is 11.3 Å². The molecule has 10 heavy (non-hydrogen) atoms. The first-order valence-electron chi connectivity index (χ1n) is 3.06. The van der Waals surface area contributed by atoms with E-state index >= 15 is 0 Å². The van der Waals surface area contributed by atoms with E-state index in [1.807, 2.05) is 17.5 Å². The lowest BCUT2D eigenvalue weighted by molar-refractivity contribution is -0.104. The summed E-state index contributed by atoms with van der Waals surface area (Å²) in [6, 6.07) is 4.06. The van der Waals surface area contributed by atoms with Gasteiger partial charge >= 0.3 is 0 Å². The molecule has 0 aliphatic rings. The number of allylic oxidation sites excluding steroid dienone is 2. The molecule has 2 heteroatoms. The number of rotatable bonds is 3. The molecule has 52 valence electrons. The summed E-state index contributed by atoms with van der Waals surface area (Å²) in [5.41, 5.74) is 0. The van der Waals surface area contributed by atoms with Gasteiger partial charge in [-0.15, -0.1) is 11.3 Å². The second-order valence-electron chi connectivity index (χ2n) is 1.85. The Morgan fingerprint density at radius 2 is 2.50 bits per heavy atom. The van der Waals surface area contributed by atoms with E-state index in [9.17, 15) is 4.79 Å². The molecule has 0 fully saturated rings. The highest BCUT2D eigenvalue weighted by Gasteiger charge is 1.86. The van der Waals surface area contributed by atoms with Gasteiger partial charge in [0.2, 0.25) is 0 Å². The van der Waals surface area contributed by atoms with Crippen molar-refractivity contribution in [2.75, 3.05) is 0 Å². The quantitative estimate of drug-likeness (QED) is 0.478. The third-order valence-electron chi connectivity index (χ3n) is 1.11. The van der Waals surface area contributed by atoms with Crippen molar-refractivity contribution in [1.29, 1.82) is 0 Å². The van der Waals surface area contributed by atoms with Gasteiger partial charge in [-0.25, -0.2) is 0 Å². The van der Waals surface area contributed by atoms with Crippen LogP contribution in [0, 0.1) is 0 Å². The largest absolute Gasteiger partial charge is 0.299 e. The van der Waals surface area contributed by atoms with Crippen LogP contribution in [0.1, 0.15) is 4.88 Å². The molecule has 1 nitrogen and oxygen atoms in total. The minimum absolute atomic E-state index is 0.799. The van der Waals surface area contributed by atoms with Crippen LogP contribution in [0.4, 0.5) is 0 Å². The van der Waals surface area contributed by atoms with E-state index in [4.69, 9.17) is 0 Å². The van der Waals surface area contributed by atoms with Crippen LogP contribution in [-0.2, 0) is 11.2 Å². The lowest BCUT2D eigenvalue weighted by Crippen LogP contribution is -1.70. The molecule has 1 aromatic heterocycles. The van der Waals surface area contributed by atoms with E-state index in [1.165, 1.54) is 11.0 Å². The molecule has 0 aromatic carbocycles. The fourth-order valence-corrected chi connectivity index (χ4v) is 1.35. The molecule has 0 radical (unpaired) electrons. The van der Waals surface area contributed by atoms with Crippen molar-refractivity contribution in [3.8, 4) is 0 Å². The van der Waals surface area contributed by atoms with Gasteiger partial charge in [-0.3, -0.25) is 4.79 Å². The van der Waals surface area contributed by atoms with E-state index in [-0.39, 0.29) is 0 Å². The predicted octanol–water partition coefficient (Wildman–Crippen LogP) is 2.05. The lowest BCUT2D eigenvalue weighted by atomic mass is 10.3. The van der Waals surface area contributed by atoms with Gasteiger partial charge in [-0.1, -0.05) is 12.1 Å². The minimum atomic E-state index is 0.799. The molecule has 1 aromatic rings. The van der Waals surface area contributed by atoms with Crippen molar-refractivity contribution >= 4 is 17.6 Å². The summed E-state index contributed by atoms with van der Waals surface area (Å²) in [5.74, 6) is 0. The highest BCUT2D eigenvalue weighted by molar-refractivity contribution is 7.09. The molecule has 1 heterocycles. The van der Waals surface area contributed by atoms with Gasteiger partial charge in [0.25, 0.3) is 0 Å². The summed E-state index contributed by atoms with van der Waals surface area (Å²) in [7, 11) is 0. The standard InChI is InChI=1S/C8H8OS/c9-6-2-1-4-8-5-3-7-10-8/h1-3,5-7H,4H2. The van der Waals surface area contributed by atoms with Crippen LogP contribution >= 0.6 is 11.3 Å². The topological polar surface area (TPSA) is 17.1 Å². The fraction of sp³-hybridized carbons (Fsp3) is 0.125. The second-order valence-corrected chi connectivity index (χ2v) is 2.88. The SMILES string of the molecule is O=CC=CCc1cccs1. The highest BCUT2D eigenvalue weighted by atomic mass is 32.1. The number of hydrogen-bond donors (Lipinski definition) is 0. The average Bonchev–Trinajstić information content (AvgIpc) is 2.41. The number of carbonyl (C=O) groups is 1. The van der Waals surface area contributed by atoms with Crippen LogP contribution < -0.4 is 0 Å². The van der Waals surface area contributed by atoms with Crippen molar-refractivity contribution in [1.82, 2.24) is 0 Å².